The van der Waals surface area contributed by atoms with Gasteiger partial charge < -0.3 is 14.8 Å². The van der Waals surface area contributed by atoms with Crippen molar-refractivity contribution in [1.82, 2.24) is 5.32 Å². The van der Waals surface area contributed by atoms with Crippen LogP contribution in [-0.2, 0) is 0 Å². The molecule has 106 valence electrons. The van der Waals surface area contributed by atoms with Crippen LogP contribution in [0.1, 0.15) is 24.4 Å². The highest BCUT2D eigenvalue weighted by molar-refractivity contribution is 5.85. The van der Waals surface area contributed by atoms with Gasteiger partial charge in [-0.1, -0.05) is 0 Å². The number of nitrogens with zero attached hydrogens (tertiary/aromatic N) is 1. The highest BCUT2D eigenvalue weighted by Crippen LogP contribution is 2.39. The Hall–Kier alpha value is -1.53. The summed E-state index contributed by atoms with van der Waals surface area (Å²) in [7, 11) is 2.99. The summed E-state index contributed by atoms with van der Waals surface area (Å²) in [6.07, 6.45) is 1.92. The monoisotopic (exact) mass is 288 g/mol. The van der Waals surface area contributed by atoms with E-state index in [4.69, 9.17) is 9.47 Å². The Morgan fingerprint density at radius 1 is 1.32 bits per heavy atom. The van der Waals surface area contributed by atoms with Crippen molar-refractivity contribution in [1.29, 1.82) is 0 Å². The summed E-state index contributed by atoms with van der Waals surface area (Å²) in [5, 5.41) is 14.4. The van der Waals surface area contributed by atoms with Crippen molar-refractivity contribution in [3.05, 3.63) is 27.8 Å². The number of benzene rings is 1. The SMILES string of the molecule is COc1cc([C@@H]2CCCN2)c([N+](=O)[O-])cc1OC.Cl. The van der Waals surface area contributed by atoms with Crippen LogP contribution in [0.25, 0.3) is 0 Å². The minimum atomic E-state index is -0.378. The molecule has 0 aromatic heterocycles. The first-order chi connectivity index (χ1) is 8.67. The van der Waals surface area contributed by atoms with E-state index in [2.05, 4.69) is 5.32 Å². The Labute approximate surface area is 117 Å². The van der Waals surface area contributed by atoms with Gasteiger partial charge in [0.25, 0.3) is 5.69 Å². The molecule has 1 aliphatic heterocycles. The molecule has 0 amide bonds. The van der Waals surface area contributed by atoms with Crippen LogP contribution in [0, 0.1) is 10.1 Å². The second-order valence-corrected chi connectivity index (χ2v) is 4.17. The van der Waals surface area contributed by atoms with E-state index in [0.717, 1.165) is 19.4 Å². The Morgan fingerprint density at radius 3 is 2.42 bits per heavy atom. The lowest BCUT2D eigenvalue weighted by Crippen LogP contribution is -2.14. The number of rotatable bonds is 4. The van der Waals surface area contributed by atoms with Crippen molar-refractivity contribution < 1.29 is 14.4 Å². The number of nitro benzene ring substituents is 1. The fraction of sp³-hybridized carbons (Fsp3) is 0.500. The van der Waals surface area contributed by atoms with E-state index in [1.807, 2.05) is 0 Å². The number of ether oxygens (including phenoxy) is 2. The van der Waals surface area contributed by atoms with Gasteiger partial charge in [0.15, 0.2) is 11.5 Å². The number of methoxy groups -OCH3 is 2. The molecule has 1 fully saturated rings. The summed E-state index contributed by atoms with van der Waals surface area (Å²) in [5.74, 6) is 0.901. The molecule has 0 radical (unpaired) electrons. The van der Waals surface area contributed by atoms with Gasteiger partial charge >= 0.3 is 0 Å². The van der Waals surface area contributed by atoms with Crippen LogP contribution in [0.15, 0.2) is 12.1 Å². The van der Waals surface area contributed by atoms with Crippen LogP contribution in [0.3, 0.4) is 0 Å². The lowest BCUT2D eigenvalue weighted by atomic mass is 10.0. The molecule has 1 saturated heterocycles. The molecular formula is C12H17ClN2O4. The zero-order chi connectivity index (χ0) is 13.1. The summed E-state index contributed by atoms with van der Waals surface area (Å²) in [4.78, 5) is 10.7. The van der Waals surface area contributed by atoms with E-state index in [1.165, 1.54) is 20.3 Å². The minimum Gasteiger partial charge on any atom is -0.493 e. The number of hydrogen-bond donors (Lipinski definition) is 1. The first-order valence-corrected chi connectivity index (χ1v) is 5.81. The third kappa shape index (κ3) is 3.08. The van der Waals surface area contributed by atoms with Gasteiger partial charge in [0, 0.05) is 6.04 Å². The maximum Gasteiger partial charge on any atom is 0.278 e. The van der Waals surface area contributed by atoms with Gasteiger partial charge in [0.1, 0.15) is 0 Å². The molecule has 1 aliphatic rings. The normalized spacial score (nSPS) is 17.7. The molecule has 0 spiro atoms. The zero-order valence-electron chi connectivity index (χ0n) is 10.8. The Kier molecular flexibility index (Phi) is 5.38. The van der Waals surface area contributed by atoms with Crippen molar-refractivity contribution in [3.8, 4) is 11.5 Å². The average molecular weight is 289 g/mol. The molecule has 1 atom stereocenters. The minimum absolute atomic E-state index is 0. The van der Waals surface area contributed by atoms with Crippen LogP contribution in [0.5, 0.6) is 11.5 Å². The molecule has 1 aromatic rings. The molecule has 0 bridgehead atoms. The fourth-order valence-corrected chi connectivity index (χ4v) is 2.27. The molecular weight excluding hydrogens is 272 g/mol. The maximum atomic E-state index is 11.1. The number of nitro groups is 1. The van der Waals surface area contributed by atoms with Crippen LogP contribution in [0.2, 0.25) is 0 Å². The van der Waals surface area contributed by atoms with E-state index in [9.17, 15) is 10.1 Å². The maximum absolute atomic E-state index is 11.1. The van der Waals surface area contributed by atoms with Crippen molar-refractivity contribution in [3.63, 3.8) is 0 Å². The summed E-state index contributed by atoms with van der Waals surface area (Å²) < 4.78 is 10.3. The quantitative estimate of drug-likeness (QED) is 0.680. The molecule has 0 unspecified atom stereocenters. The van der Waals surface area contributed by atoms with Crippen LogP contribution >= 0.6 is 12.4 Å². The molecule has 1 aromatic carbocycles. The molecule has 0 saturated carbocycles. The standard InChI is InChI=1S/C12H16N2O4.ClH/c1-17-11-6-8(9-4-3-5-13-9)10(14(15)16)7-12(11)18-2;/h6-7,9,13H,3-5H2,1-2H3;1H/t9-;/m0./s1. The van der Waals surface area contributed by atoms with Gasteiger partial charge in [-0.05, 0) is 25.5 Å². The van der Waals surface area contributed by atoms with Crippen molar-refractivity contribution in [2.24, 2.45) is 0 Å². The van der Waals surface area contributed by atoms with Gasteiger partial charge in [-0.2, -0.15) is 0 Å². The first-order valence-electron chi connectivity index (χ1n) is 5.81. The molecule has 7 heteroatoms. The van der Waals surface area contributed by atoms with Gasteiger partial charge in [0.2, 0.25) is 0 Å². The third-order valence-corrected chi connectivity index (χ3v) is 3.17. The summed E-state index contributed by atoms with van der Waals surface area (Å²) in [5.41, 5.74) is 0.738. The predicted octanol–water partition coefficient (Wildman–Crippen LogP) is 2.46. The van der Waals surface area contributed by atoms with Gasteiger partial charge in [-0.3, -0.25) is 10.1 Å². The fourth-order valence-electron chi connectivity index (χ4n) is 2.27. The van der Waals surface area contributed by atoms with Crippen LogP contribution in [-0.4, -0.2) is 25.7 Å². The van der Waals surface area contributed by atoms with Crippen LogP contribution < -0.4 is 14.8 Å². The van der Waals surface area contributed by atoms with E-state index in [-0.39, 0.29) is 29.1 Å². The average Bonchev–Trinajstić information content (AvgIpc) is 2.90. The van der Waals surface area contributed by atoms with Gasteiger partial charge in [0.05, 0.1) is 30.8 Å². The topological polar surface area (TPSA) is 73.6 Å². The van der Waals surface area contributed by atoms with E-state index in [0.29, 0.717) is 17.1 Å². The molecule has 1 N–H and O–H groups in total. The lowest BCUT2D eigenvalue weighted by Gasteiger charge is -2.14. The Bertz CT molecular complexity index is 461. The Morgan fingerprint density at radius 2 is 1.95 bits per heavy atom. The summed E-state index contributed by atoms with van der Waals surface area (Å²) in [6.45, 7) is 0.885. The predicted molar refractivity (Wildman–Crippen MR) is 73.4 cm³/mol. The molecule has 6 nitrogen and oxygen atoms in total. The smallest absolute Gasteiger partial charge is 0.278 e. The number of nitrogens with one attached hydrogen (secondary N) is 1. The van der Waals surface area contributed by atoms with E-state index < -0.39 is 0 Å². The molecule has 1 heterocycles. The number of hydrogen-bond acceptors (Lipinski definition) is 5. The summed E-state index contributed by atoms with van der Waals surface area (Å²) in [6, 6.07) is 3.14. The third-order valence-electron chi connectivity index (χ3n) is 3.17. The molecule has 2 rings (SSSR count). The second-order valence-electron chi connectivity index (χ2n) is 4.17. The van der Waals surface area contributed by atoms with Crippen LogP contribution in [0.4, 0.5) is 5.69 Å². The van der Waals surface area contributed by atoms with E-state index in [1.54, 1.807) is 6.07 Å². The number of halogens is 1. The highest BCUT2D eigenvalue weighted by Gasteiger charge is 2.27. The summed E-state index contributed by atoms with van der Waals surface area (Å²) >= 11 is 0. The van der Waals surface area contributed by atoms with Gasteiger partial charge in [-0.25, -0.2) is 0 Å². The Balaban J connectivity index is 0.00000180. The van der Waals surface area contributed by atoms with Gasteiger partial charge in [-0.15, -0.1) is 12.4 Å². The molecule has 19 heavy (non-hydrogen) atoms. The zero-order valence-corrected chi connectivity index (χ0v) is 11.7. The highest BCUT2D eigenvalue weighted by atomic mass is 35.5. The van der Waals surface area contributed by atoms with Crippen molar-refractivity contribution >= 4 is 18.1 Å². The van der Waals surface area contributed by atoms with Crippen molar-refractivity contribution in [2.75, 3.05) is 20.8 Å². The van der Waals surface area contributed by atoms with Crippen molar-refractivity contribution in [2.45, 2.75) is 18.9 Å². The molecule has 0 aliphatic carbocycles. The first kappa shape index (κ1) is 15.5. The van der Waals surface area contributed by atoms with E-state index >= 15 is 0 Å². The second kappa shape index (κ2) is 6.58. The lowest BCUT2D eigenvalue weighted by molar-refractivity contribution is -0.385. The largest absolute Gasteiger partial charge is 0.493 e.